The minimum Gasteiger partial charge on any atom is -0.494 e. The maximum Gasteiger partial charge on any atom is 0.174 e. The summed E-state index contributed by atoms with van der Waals surface area (Å²) in [6, 6.07) is 4.35. The number of aromatic amines is 1. The summed E-state index contributed by atoms with van der Waals surface area (Å²) in [6.45, 7) is 2.31. The van der Waals surface area contributed by atoms with Crippen molar-refractivity contribution in [1.82, 2.24) is 9.88 Å². The first kappa shape index (κ1) is 12.0. The zero-order valence-electron chi connectivity index (χ0n) is 12.2. The van der Waals surface area contributed by atoms with E-state index in [0.717, 1.165) is 29.8 Å². The molecule has 1 aliphatic carbocycles. The monoisotopic (exact) mass is 286 g/mol. The predicted octanol–water partition coefficient (Wildman–Crippen LogP) is 3.05. The van der Waals surface area contributed by atoms with Crippen molar-refractivity contribution >= 4 is 10.9 Å². The lowest BCUT2D eigenvalue weighted by Gasteiger charge is -2.30. The molecule has 1 saturated heterocycles. The first-order valence-corrected chi connectivity index (χ1v) is 7.87. The van der Waals surface area contributed by atoms with Crippen molar-refractivity contribution in [2.75, 3.05) is 20.2 Å². The van der Waals surface area contributed by atoms with Crippen LogP contribution in [-0.2, 0) is 6.42 Å². The number of halogens is 1. The van der Waals surface area contributed by atoms with E-state index in [-0.39, 0.29) is 5.82 Å². The van der Waals surface area contributed by atoms with Crippen LogP contribution in [0.3, 0.4) is 0 Å². The molecule has 1 N–H and O–H groups in total. The molecule has 0 spiro atoms. The smallest absolute Gasteiger partial charge is 0.174 e. The quantitative estimate of drug-likeness (QED) is 0.872. The minimum atomic E-state index is -0.203. The number of hydrogen-bond acceptors (Lipinski definition) is 2. The molecule has 0 unspecified atom stereocenters. The Balaban J connectivity index is 1.75. The van der Waals surface area contributed by atoms with Gasteiger partial charge in [-0.3, -0.25) is 4.90 Å². The Morgan fingerprint density at radius 2 is 2.24 bits per heavy atom. The SMILES string of the molecule is COc1ccc2[nH]c3c(c2c1F)CCN1C[C@H]2C[C@@H]3[C@@H]1C2. The van der Waals surface area contributed by atoms with Gasteiger partial charge in [-0.15, -0.1) is 0 Å². The molecule has 5 rings (SSSR count). The van der Waals surface area contributed by atoms with Crippen molar-refractivity contribution in [3.05, 3.63) is 29.2 Å². The molecule has 1 saturated carbocycles. The first-order chi connectivity index (χ1) is 10.3. The Morgan fingerprint density at radius 1 is 1.33 bits per heavy atom. The number of nitrogens with one attached hydrogen (secondary N) is 1. The number of ether oxygens (including phenoxy) is 1. The van der Waals surface area contributed by atoms with E-state index in [1.807, 2.05) is 6.07 Å². The highest BCUT2D eigenvalue weighted by molar-refractivity contribution is 5.87. The van der Waals surface area contributed by atoms with Gasteiger partial charge in [0.15, 0.2) is 11.6 Å². The second-order valence-electron chi connectivity index (χ2n) is 6.78. The van der Waals surface area contributed by atoms with E-state index in [2.05, 4.69) is 9.88 Å². The van der Waals surface area contributed by atoms with Gasteiger partial charge in [-0.05, 0) is 42.9 Å². The number of nitrogens with zero attached hydrogens (tertiary/aromatic N) is 1. The van der Waals surface area contributed by atoms with Crippen molar-refractivity contribution in [2.45, 2.75) is 31.2 Å². The highest BCUT2D eigenvalue weighted by Crippen LogP contribution is 2.50. The van der Waals surface area contributed by atoms with Gasteiger partial charge in [-0.2, -0.15) is 0 Å². The van der Waals surface area contributed by atoms with Gasteiger partial charge in [0.1, 0.15) is 0 Å². The van der Waals surface area contributed by atoms with E-state index in [4.69, 9.17) is 4.74 Å². The third-order valence-corrected chi connectivity index (χ3v) is 5.83. The fourth-order valence-electron chi connectivity index (χ4n) is 5.01. The van der Waals surface area contributed by atoms with Crippen LogP contribution in [0.2, 0.25) is 0 Å². The Hall–Kier alpha value is -1.55. The molecule has 3 aliphatic rings. The number of rotatable bonds is 1. The summed E-state index contributed by atoms with van der Waals surface area (Å²) in [4.78, 5) is 6.16. The Morgan fingerprint density at radius 3 is 3.05 bits per heavy atom. The Labute approximate surface area is 123 Å². The topological polar surface area (TPSA) is 28.3 Å². The summed E-state index contributed by atoms with van der Waals surface area (Å²) in [5.74, 6) is 1.56. The third kappa shape index (κ3) is 1.46. The number of piperidine rings is 1. The zero-order chi connectivity index (χ0) is 14.1. The Kier molecular flexibility index (Phi) is 2.30. The van der Waals surface area contributed by atoms with Crippen LogP contribution >= 0.6 is 0 Å². The van der Waals surface area contributed by atoms with E-state index in [1.54, 1.807) is 6.07 Å². The molecule has 110 valence electrons. The van der Waals surface area contributed by atoms with E-state index in [9.17, 15) is 4.39 Å². The molecule has 4 heteroatoms. The molecule has 1 aromatic carbocycles. The van der Waals surface area contributed by atoms with Crippen LogP contribution in [0.25, 0.3) is 10.9 Å². The van der Waals surface area contributed by atoms with Crippen molar-refractivity contribution in [3.8, 4) is 5.75 Å². The minimum absolute atomic E-state index is 0.203. The fourth-order valence-corrected chi connectivity index (χ4v) is 5.01. The van der Waals surface area contributed by atoms with Crippen molar-refractivity contribution < 1.29 is 9.13 Å². The largest absolute Gasteiger partial charge is 0.494 e. The number of benzene rings is 1. The Bertz CT molecular complexity index is 738. The fraction of sp³-hybridized carbons (Fsp3) is 0.529. The van der Waals surface area contributed by atoms with Gasteiger partial charge in [-0.25, -0.2) is 4.39 Å². The lowest BCUT2D eigenvalue weighted by Crippen LogP contribution is -2.36. The van der Waals surface area contributed by atoms with Crippen LogP contribution in [0.15, 0.2) is 12.1 Å². The maximum atomic E-state index is 14.7. The molecule has 2 aliphatic heterocycles. The molecular formula is C17H19FN2O. The summed E-state index contributed by atoms with van der Waals surface area (Å²) in [5.41, 5.74) is 3.42. The van der Waals surface area contributed by atoms with Gasteiger partial charge in [0.2, 0.25) is 0 Å². The molecule has 3 atom stereocenters. The van der Waals surface area contributed by atoms with Crippen LogP contribution in [0, 0.1) is 11.7 Å². The molecule has 0 amide bonds. The van der Waals surface area contributed by atoms with Crippen LogP contribution in [0.4, 0.5) is 4.39 Å². The predicted molar refractivity (Wildman–Crippen MR) is 79.3 cm³/mol. The average Bonchev–Trinajstić information content (AvgIpc) is 3.16. The van der Waals surface area contributed by atoms with Crippen LogP contribution in [-0.4, -0.2) is 36.1 Å². The molecule has 2 bridgehead atoms. The normalized spacial score (nSPS) is 30.7. The van der Waals surface area contributed by atoms with E-state index < -0.39 is 0 Å². The summed E-state index contributed by atoms with van der Waals surface area (Å²) >= 11 is 0. The lowest BCUT2D eigenvalue weighted by molar-refractivity contribution is 0.201. The van der Waals surface area contributed by atoms with Gasteiger partial charge < -0.3 is 9.72 Å². The summed E-state index contributed by atoms with van der Waals surface area (Å²) < 4.78 is 19.9. The van der Waals surface area contributed by atoms with E-state index >= 15 is 0 Å². The zero-order valence-corrected chi connectivity index (χ0v) is 12.2. The standard InChI is InChI=1S/C17H19FN2O/c1-21-14-3-2-12-15(16(14)18)10-4-5-20-8-9-6-11(13(20)7-9)17(10)19-12/h2-3,9,11,13,19H,4-8H2,1H3/t9-,11+,13-/m0/s1. The second kappa shape index (κ2) is 4.01. The first-order valence-electron chi connectivity index (χ1n) is 7.87. The van der Waals surface area contributed by atoms with Gasteiger partial charge >= 0.3 is 0 Å². The molecule has 2 aromatic rings. The molecule has 2 fully saturated rings. The molecule has 3 heterocycles. The van der Waals surface area contributed by atoms with Crippen molar-refractivity contribution in [1.29, 1.82) is 0 Å². The van der Waals surface area contributed by atoms with Crippen molar-refractivity contribution in [2.24, 2.45) is 5.92 Å². The molecule has 21 heavy (non-hydrogen) atoms. The average molecular weight is 286 g/mol. The molecular weight excluding hydrogens is 267 g/mol. The van der Waals surface area contributed by atoms with Gasteiger partial charge in [0, 0.05) is 41.6 Å². The lowest BCUT2D eigenvalue weighted by atomic mass is 9.93. The van der Waals surface area contributed by atoms with E-state index in [1.165, 1.54) is 37.8 Å². The number of H-pyrrole nitrogens is 1. The third-order valence-electron chi connectivity index (χ3n) is 5.83. The van der Waals surface area contributed by atoms with Gasteiger partial charge in [0.05, 0.1) is 7.11 Å². The van der Waals surface area contributed by atoms with Crippen LogP contribution in [0.1, 0.15) is 30.0 Å². The maximum absolute atomic E-state index is 14.7. The number of aromatic nitrogens is 1. The van der Waals surface area contributed by atoms with E-state index in [0.29, 0.717) is 17.7 Å². The second-order valence-corrected chi connectivity index (χ2v) is 6.78. The number of methoxy groups -OCH3 is 1. The van der Waals surface area contributed by atoms with Crippen molar-refractivity contribution in [3.63, 3.8) is 0 Å². The number of hydrogen-bond donors (Lipinski definition) is 1. The molecule has 1 aromatic heterocycles. The van der Waals surface area contributed by atoms with Crippen LogP contribution in [0.5, 0.6) is 5.75 Å². The van der Waals surface area contributed by atoms with Crippen LogP contribution < -0.4 is 4.74 Å². The summed E-state index contributed by atoms with van der Waals surface area (Å²) in [5, 5.41) is 0.760. The molecule has 0 radical (unpaired) electrons. The van der Waals surface area contributed by atoms with Gasteiger partial charge in [-0.1, -0.05) is 0 Å². The number of fused-ring (bicyclic) bond motifs is 5. The highest BCUT2D eigenvalue weighted by atomic mass is 19.1. The van der Waals surface area contributed by atoms with Gasteiger partial charge in [0.25, 0.3) is 0 Å². The summed E-state index contributed by atoms with van der Waals surface area (Å²) in [6.07, 6.45) is 3.53. The molecule has 3 nitrogen and oxygen atoms in total. The highest BCUT2D eigenvalue weighted by Gasteiger charge is 2.48. The summed E-state index contributed by atoms with van der Waals surface area (Å²) in [7, 11) is 1.53.